The van der Waals surface area contributed by atoms with E-state index in [1.807, 2.05) is 18.2 Å². The first kappa shape index (κ1) is 13.0. The van der Waals surface area contributed by atoms with Crippen molar-refractivity contribution < 1.29 is 5.11 Å². The molecule has 0 aromatic heterocycles. The van der Waals surface area contributed by atoms with Crippen LogP contribution < -0.4 is 0 Å². The minimum atomic E-state index is 0.346. The van der Waals surface area contributed by atoms with E-state index >= 15 is 0 Å². The lowest BCUT2D eigenvalue weighted by molar-refractivity contribution is 0.482. The zero-order chi connectivity index (χ0) is 16.5. The predicted molar refractivity (Wildman–Crippen MR) is 107 cm³/mol. The molecule has 25 heavy (non-hydrogen) atoms. The maximum atomic E-state index is 10.4. The summed E-state index contributed by atoms with van der Waals surface area (Å²) in [5.74, 6) is 0.346. The van der Waals surface area contributed by atoms with Crippen LogP contribution in [0.3, 0.4) is 0 Å². The normalized spacial score (nSPS) is 12.2. The predicted octanol–water partition coefficient (Wildman–Crippen LogP) is 6.60. The SMILES string of the molecule is Oc1ccc2c3ccccc3c3c4ccccc4cc4ccc1c2c43. The highest BCUT2D eigenvalue weighted by atomic mass is 16.3. The number of benzene rings is 6. The molecule has 0 aliphatic rings. The van der Waals surface area contributed by atoms with Gasteiger partial charge in [-0.2, -0.15) is 0 Å². The molecule has 0 spiro atoms. The average Bonchev–Trinajstić information content (AvgIpc) is 2.67. The van der Waals surface area contributed by atoms with Gasteiger partial charge in [0.25, 0.3) is 0 Å². The van der Waals surface area contributed by atoms with Crippen LogP contribution in [0.2, 0.25) is 0 Å². The van der Waals surface area contributed by atoms with Gasteiger partial charge in [0.1, 0.15) is 5.75 Å². The molecule has 6 rings (SSSR count). The number of fused-ring (bicyclic) bond motifs is 5. The van der Waals surface area contributed by atoms with Crippen molar-refractivity contribution in [2.75, 3.05) is 0 Å². The zero-order valence-electron chi connectivity index (χ0n) is 13.5. The van der Waals surface area contributed by atoms with Crippen LogP contribution in [0.15, 0.2) is 78.9 Å². The maximum Gasteiger partial charge on any atom is 0.123 e. The van der Waals surface area contributed by atoms with E-state index in [1.54, 1.807) is 0 Å². The van der Waals surface area contributed by atoms with Crippen LogP contribution >= 0.6 is 0 Å². The van der Waals surface area contributed by atoms with Gasteiger partial charge >= 0.3 is 0 Å². The summed E-state index contributed by atoms with van der Waals surface area (Å²) >= 11 is 0. The highest BCUT2D eigenvalue weighted by Crippen LogP contribution is 2.45. The molecule has 0 unspecified atom stereocenters. The molecule has 1 heteroatoms. The summed E-state index contributed by atoms with van der Waals surface area (Å²) in [4.78, 5) is 0. The van der Waals surface area contributed by atoms with Crippen LogP contribution in [-0.2, 0) is 0 Å². The highest BCUT2D eigenvalue weighted by molar-refractivity contribution is 6.39. The van der Waals surface area contributed by atoms with Crippen LogP contribution in [0.25, 0.3) is 53.9 Å². The van der Waals surface area contributed by atoms with E-state index in [1.165, 1.54) is 43.1 Å². The fraction of sp³-hybridized carbons (Fsp3) is 0. The molecule has 1 N–H and O–H groups in total. The van der Waals surface area contributed by atoms with E-state index in [0.717, 1.165) is 10.8 Å². The lowest BCUT2D eigenvalue weighted by Gasteiger charge is -2.17. The molecule has 116 valence electrons. The summed E-state index contributed by atoms with van der Waals surface area (Å²) < 4.78 is 0. The van der Waals surface area contributed by atoms with Gasteiger partial charge in [-0.3, -0.25) is 0 Å². The first-order chi connectivity index (χ1) is 12.3. The lowest BCUT2D eigenvalue weighted by atomic mass is 9.86. The van der Waals surface area contributed by atoms with Crippen LogP contribution in [0, 0.1) is 0 Å². The van der Waals surface area contributed by atoms with Gasteiger partial charge < -0.3 is 5.11 Å². The van der Waals surface area contributed by atoms with Crippen LogP contribution in [0.5, 0.6) is 5.75 Å². The molecule has 6 aromatic carbocycles. The van der Waals surface area contributed by atoms with Gasteiger partial charge in [-0.25, -0.2) is 0 Å². The van der Waals surface area contributed by atoms with Gasteiger partial charge in [0.2, 0.25) is 0 Å². The lowest BCUT2D eigenvalue weighted by Crippen LogP contribution is -1.89. The van der Waals surface area contributed by atoms with Crippen LogP contribution in [0.1, 0.15) is 0 Å². The monoisotopic (exact) mass is 318 g/mol. The molecular formula is C24H14O. The minimum Gasteiger partial charge on any atom is -0.507 e. The number of aromatic hydroxyl groups is 1. The number of rotatable bonds is 0. The van der Waals surface area contributed by atoms with Crippen molar-refractivity contribution in [3.63, 3.8) is 0 Å². The third-order valence-corrected chi connectivity index (χ3v) is 5.47. The Labute approximate surface area is 144 Å². The van der Waals surface area contributed by atoms with E-state index in [9.17, 15) is 5.11 Å². The van der Waals surface area contributed by atoms with E-state index in [4.69, 9.17) is 0 Å². The van der Waals surface area contributed by atoms with Crippen molar-refractivity contribution in [2.45, 2.75) is 0 Å². The number of hydrogen-bond acceptors (Lipinski definition) is 1. The van der Waals surface area contributed by atoms with E-state index < -0.39 is 0 Å². The summed E-state index contributed by atoms with van der Waals surface area (Å²) in [7, 11) is 0. The second-order valence-electron chi connectivity index (χ2n) is 6.74. The molecule has 0 saturated carbocycles. The van der Waals surface area contributed by atoms with Gasteiger partial charge in [-0.15, -0.1) is 0 Å². The van der Waals surface area contributed by atoms with Gasteiger partial charge in [-0.1, -0.05) is 66.7 Å². The molecule has 0 fully saturated rings. The molecule has 0 aliphatic carbocycles. The second kappa shape index (κ2) is 4.40. The Bertz CT molecular complexity index is 1440. The zero-order valence-corrected chi connectivity index (χ0v) is 13.5. The van der Waals surface area contributed by atoms with Crippen molar-refractivity contribution in [1.82, 2.24) is 0 Å². The number of phenolic OH excluding ortho intramolecular Hbond substituents is 1. The minimum absolute atomic E-state index is 0.346. The Morgan fingerprint density at radius 3 is 1.96 bits per heavy atom. The Hall–Kier alpha value is -3.32. The number of hydrogen-bond donors (Lipinski definition) is 1. The van der Waals surface area contributed by atoms with E-state index in [2.05, 4.69) is 60.7 Å². The standard InChI is InChI=1S/C24H14O/c25-21-12-11-19-17-7-3-4-8-18(17)23-16-6-2-1-5-14(16)13-15-9-10-20(21)24(19)22(15)23/h1-13,25H. The van der Waals surface area contributed by atoms with Crippen LogP contribution in [-0.4, -0.2) is 5.11 Å². The highest BCUT2D eigenvalue weighted by Gasteiger charge is 2.16. The van der Waals surface area contributed by atoms with E-state index in [0.29, 0.717) is 5.75 Å². The third kappa shape index (κ3) is 1.53. The fourth-order valence-corrected chi connectivity index (χ4v) is 4.43. The Balaban J connectivity index is 2.14. The summed E-state index contributed by atoms with van der Waals surface area (Å²) in [6.07, 6.45) is 0. The molecule has 0 atom stereocenters. The van der Waals surface area contributed by atoms with E-state index in [-0.39, 0.29) is 0 Å². The van der Waals surface area contributed by atoms with Gasteiger partial charge in [0.15, 0.2) is 0 Å². The Morgan fingerprint density at radius 1 is 0.440 bits per heavy atom. The van der Waals surface area contributed by atoms with Gasteiger partial charge in [0, 0.05) is 10.8 Å². The van der Waals surface area contributed by atoms with Gasteiger partial charge in [0.05, 0.1) is 0 Å². The molecule has 0 amide bonds. The Kier molecular flexibility index (Phi) is 2.29. The number of phenols is 1. The summed E-state index contributed by atoms with van der Waals surface area (Å²) in [5.41, 5.74) is 0. The first-order valence-electron chi connectivity index (χ1n) is 8.53. The molecule has 0 radical (unpaired) electrons. The molecule has 0 heterocycles. The smallest absolute Gasteiger partial charge is 0.123 e. The molecule has 0 saturated heterocycles. The quantitative estimate of drug-likeness (QED) is 0.247. The van der Waals surface area contributed by atoms with Crippen molar-refractivity contribution in [3.05, 3.63) is 78.9 Å². The topological polar surface area (TPSA) is 20.2 Å². The van der Waals surface area contributed by atoms with Crippen molar-refractivity contribution in [2.24, 2.45) is 0 Å². The summed E-state index contributed by atoms with van der Waals surface area (Å²) in [6.45, 7) is 0. The summed E-state index contributed by atoms with van der Waals surface area (Å²) in [5, 5.41) is 22.5. The Morgan fingerprint density at radius 2 is 1.08 bits per heavy atom. The largest absolute Gasteiger partial charge is 0.507 e. The fourth-order valence-electron chi connectivity index (χ4n) is 4.43. The third-order valence-electron chi connectivity index (χ3n) is 5.47. The van der Waals surface area contributed by atoms with Crippen molar-refractivity contribution in [3.8, 4) is 5.75 Å². The second-order valence-corrected chi connectivity index (χ2v) is 6.74. The van der Waals surface area contributed by atoms with Crippen molar-refractivity contribution >= 4 is 53.9 Å². The van der Waals surface area contributed by atoms with Gasteiger partial charge in [-0.05, 0) is 55.2 Å². The molecule has 0 aliphatic heterocycles. The van der Waals surface area contributed by atoms with Crippen LogP contribution in [0.4, 0.5) is 0 Å². The first-order valence-corrected chi connectivity index (χ1v) is 8.53. The summed E-state index contributed by atoms with van der Waals surface area (Å²) in [6, 6.07) is 27.5. The molecule has 1 nitrogen and oxygen atoms in total. The average molecular weight is 318 g/mol. The maximum absolute atomic E-state index is 10.4. The molecule has 0 bridgehead atoms. The molecular weight excluding hydrogens is 304 g/mol. The molecule has 6 aromatic rings. The van der Waals surface area contributed by atoms with Crippen molar-refractivity contribution in [1.29, 1.82) is 0 Å².